The van der Waals surface area contributed by atoms with Crippen LogP contribution in [0.5, 0.6) is 0 Å². The van der Waals surface area contributed by atoms with Gasteiger partial charge in [-0.15, -0.1) is 0 Å². The SMILES string of the molecule is c1cncc(CN2CCc3c(ccnc3Nc3cnc4ccccc4c3)C2)c1. The molecule has 0 radical (unpaired) electrons. The number of rotatable bonds is 4. The van der Waals surface area contributed by atoms with Crippen LogP contribution in [0, 0.1) is 0 Å². The van der Waals surface area contributed by atoms with E-state index in [1.165, 1.54) is 16.7 Å². The Labute approximate surface area is 164 Å². The molecular formula is C23H21N5. The molecule has 0 saturated heterocycles. The van der Waals surface area contributed by atoms with Crippen LogP contribution in [-0.4, -0.2) is 26.4 Å². The first kappa shape index (κ1) is 16.8. The minimum Gasteiger partial charge on any atom is -0.339 e. The van der Waals surface area contributed by atoms with Crippen molar-refractivity contribution in [3.8, 4) is 0 Å². The van der Waals surface area contributed by atoms with E-state index in [1.54, 1.807) is 0 Å². The van der Waals surface area contributed by atoms with Gasteiger partial charge in [-0.1, -0.05) is 24.3 Å². The smallest absolute Gasteiger partial charge is 0.133 e. The predicted octanol–water partition coefficient (Wildman–Crippen LogP) is 4.33. The van der Waals surface area contributed by atoms with E-state index in [9.17, 15) is 0 Å². The van der Waals surface area contributed by atoms with Crippen LogP contribution in [0.25, 0.3) is 10.9 Å². The normalized spacial score (nSPS) is 14.0. The van der Waals surface area contributed by atoms with Gasteiger partial charge < -0.3 is 5.32 Å². The molecule has 0 fully saturated rings. The second-order valence-corrected chi connectivity index (χ2v) is 7.16. The molecule has 0 bridgehead atoms. The van der Waals surface area contributed by atoms with E-state index < -0.39 is 0 Å². The van der Waals surface area contributed by atoms with Gasteiger partial charge in [-0.3, -0.25) is 14.9 Å². The molecule has 0 amide bonds. The van der Waals surface area contributed by atoms with Crippen molar-refractivity contribution >= 4 is 22.4 Å². The number of para-hydroxylation sites is 1. The van der Waals surface area contributed by atoms with Crippen LogP contribution in [0.15, 0.2) is 73.3 Å². The Morgan fingerprint density at radius 3 is 2.86 bits per heavy atom. The lowest BCUT2D eigenvalue weighted by atomic mass is 10.0. The van der Waals surface area contributed by atoms with Crippen LogP contribution in [0.3, 0.4) is 0 Å². The van der Waals surface area contributed by atoms with Crippen molar-refractivity contribution in [2.75, 3.05) is 11.9 Å². The summed E-state index contributed by atoms with van der Waals surface area (Å²) in [7, 11) is 0. The summed E-state index contributed by atoms with van der Waals surface area (Å²) < 4.78 is 0. The van der Waals surface area contributed by atoms with Crippen molar-refractivity contribution in [1.29, 1.82) is 0 Å². The molecule has 28 heavy (non-hydrogen) atoms. The van der Waals surface area contributed by atoms with Gasteiger partial charge in [-0.2, -0.15) is 0 Å². The van der Waals surface area contributed by atoms with Crippen LogP contribution >= 0.6 is 0 Å². The van der Waals surface area contributed by atoms with E-state index in [0.717, 1.165) is 48.5 Å². The Morgan fingerprint density at radius 2 is 1.93 bits per heavy atom. The minimum atomic E-state index is 0.924. The summed E-state index contributed by atoms with van der Waals surface area (Å²) in [6.45, 7) is 2.86. The monoisotopic (exact) mass is 367 g/mol. The summed E-state index contributed by atoms with van der Waals surface area (Å²) in [5.41, 5.74) is 5.86. The standard InChI is InChI=1S/C23H21N5/c1-2-6-22-18(5-1)12-20(14-26-22)27-23-21-8-11-28(16-19(21)7-10-25-23)15-17-4-3-9-24-13-17/h1-7,9-10,12-14H,8,11,15-16H2,(H,25,27). The van der Waals surface area contributed by atoms with Crippen molar-refractivity contribution in [2.45, 2.75) is 19.5 Å². The maximum Gasteiger partial charge on any atom is 0.133 e. The Kier molecular flexibility index (Phi) is 4.43. The molecule has 0 saturated carbocycles. The fourth-order valence-corrected chi connectivity index (χ4v) is 3.82. The number of benzene rings is 1. The van der Waals surface area contributed by atoms with Crippen LogP contribution in [0.2, 0.25) is 0 Å². The van der Waals surface area contributed by atoms with E-state index in [4.69, 9.17) is 0 Å². The van der Waals surface area contributed by atoms with Crippen molar-refractivity contribution in [3.05, 3.63) is 90.0 Å². The van der Waals surface area contributed by atoms with Gasteiger partial charge in [0.1, 0.15) is 5.82 Å². The molecule has 0 spiro atoms. The van der Waals surface area contributed by atoms with Gasteiger partial charge in [0.2, 0.25) is 0 Å². The van der Waals surface area contributed by atoms with Crippen LogP contribution in [-0.2, 0) is 19.5 Å². The third-order valence-electron chi connectivity index (χ3n) is 5.21. The van der Waals surface area contributed by atoms with Crippen molar-refractivity contribution < 1.29 is 0 Å². The van der Waals surface area contributed by atoms with Crippen LogP contribution < -0.4 is 5.32 Å². The summed E-state index contributed by atoms with van der Waals surface area (Å²) in [5.74, 6) is 0.940. The Morgan fingerprint density at radius 1 is 0.964 bits per heavy atom. The number of aromatic nitrogens is 3. The molecule has 4 heterocycles. The van der Waals surface area contributed by atoms with E-state index in [0.29, 0.717) is 0 Å². The second-order valence-electron chi connectivity index (χ2n) is 7.16. The summed E-state index contributed by atoms with van der Waals surface area (Å²) in [5, 5.41) is 4.61. The zero-order chi connectivity index (χ0) is 18.8. The van der Waals surface area contributed by atoms with Gasteiger partial charge in [-0.25, -0.2) is 4.98 Å². The summed E-state index contributed by atoms with van der Waals surface area (Å²) >= 11 is 0. The molecule has 5 rings (SSSR count). The molecule has 1 aromatic carbocycles. The molecule has 5 nitrogen and oxygen atoms in total. The molecular weight excluding hydrogens is 346 g/mol. The zero-order valence-corrected chi connectivity index (χ0v) is 15.5. The van der Waals surface area contributed by atoms with Crippen molar-refractivity contribution in [3.63, 3.8) is 0 Å². The van der Waals surface area contributed by atoms with E-state index in [2.05, 4.69) is 49.4 Å². The van der Waals surface area contributed by atoms with Crippen LogP contribution in [0.1, 0.15) is 16.7 Å². The first-order valence-corrected chi connectivity index (χ1v) is 9.55. The lowest BCUT2D eigenvalue weighted by molar-refractivity contribution is 0.245. The Hall–Kier alpha value is -3.31. The van der Waals surface area contributed by atoms with Gasteiger partial charge in [0, 0.05) is 49.2 Å². The zero-order valence-electron chi connectivity index (χ0n) is 15.5. The summed E-state index contributed by atoms with van der Waals surface area (Å²) in [6, 6.07) is 16.5. The summed E-state index contributed by atoms with van der Waals surface area (Å²) in [4.78, 5) is 15.8. The van der Waals surface area contributed by atoms with Crippen LogP contribution in [0.4, 0.5) is 11.5 Å². The van der Waals surface area contributed by atoms with Gasteiger partial charge in [-0.05, 0) is 41.8 Å². The largest absolute Gasteiger partial charge is 0.339 e. The third-order valence-corrected chi connectivity index (χ3v) is 5.21. The lowest BCUT2D eigenvalue weighted by Crippen LogP contribution is -2.30. The predicted molar refractivity (Wildman–Crippen MR) is 111 cm³/mol. The molecule has 0 aliphatic carbocycles. The van der Waals surface area contributed by atoms with E-state index in [-0.39, 0.29) is 0 Å². The summed E-state index contributed by atoms with van der Waals surface area (Å²) in [6.07, 6.45) is 8.51. The topological polar surface area (TPSA) is 53.9 Å². The number of hydrogen-bond donors (Lipinski definition) is 1. The van der Waals surface area contributed by atoms with E-state index in [1.807, 2.05) is 49.1 Å². The molecule has 1 N–H and O–H groups in total. The average Bonchev–Trinajstić information content (AvgIpc) is 2.74. The fraction of sp³-hybridized carbons (Fsp3) is 0.174. The lowest BCUT2D eigenvalue weighted by Gasteiger charge is -2.29. The number of hydrogen-bond acceptors (Lipinski definition) is 5. The number of nitrogens with zero attached hydrogens (tertiary/aromatic N) is 4. The number of fused-ring (bicyclic) bond motifs is 2. The first-order valence-electron chi connectivity index (χ1n) is 9.55. The number of pyridine rings is 3. The maximum atomic E-state index is 4.61. The molecule has 1 aliphatic heterocycles. The highest BCUT2D eigenvalue weighted by Crippen LogP contribution is 2.28. The number of anilines is 2. The van der Waals surface area contributed by atoms with Gasteiger partial charge >= 0.3 is 0 Å². The third kappa shape index (κ3) is 3.44. The first-order chi connectivity index (χ1) is 13.8. The minimum absolute atomic E-state index is 0.924. The molecule has 3 aromatic heterocycles. The highest BCUT2D eigenvalue weighted by molar-refractivity contribution is 5.82. The van der Waals surface area contributed by atoms with Crippen molar-refractivity contribution in [1.82, 2.24) is 19.9 Å². The van der Waals surface area contributed by atoms with E-state index >= 15 is 0 Å². The fourth-order valence-electron chi connectivity index (χ4n) is 3.82. The molecule has 5 heteroatoms. The highest BCUT2D eigenvalue weighted by Gasteiger charge is 2.20. The molecule has 0 atom stereocenters. The Bertz CT molecular complexity index is 1110. The molecule has 138 valence electrons. The highest BCUT2D eigenvalue weighted by atomic mass is 15.1. The average molecular weight is 367 g/mol. The quantitative estimate of drug-likeness (QED) is 0.582. The second kappa shape index (κ2) is 7.37. The molecule has 0 unspecified atom stereocenters. The molecule has 1 aliphatic rings. The number of nitrogens with one attached hydrogen (secondary N) is 1. The van der Waals surface area contributed by atoms with Gasteiger partial charge in [0.05, 0.1) is 17.4 Å². The van der Waals surface area contributed by atoms with Gasteiger partial charge in [0.25, 0.3) is 0 Å². The van der Waals surface area contributed by atoms with Crippen molar-refractivity contribution in [2.24, 2.45) is 0 Å². The molecule has 4 aromatic rings. The van der Waals surface area contributed by atoms with Gasteiger partial charge in [0.15, 0.2) is 0 Å². The maximum absolute atomic E-state index is 4.61. The Balaban J connectivity index is 1.37.